The first-order valence-electron chi connectivity index (χ1n) is 9.66. The molecule has 2 N–H and O–H groups in total. The fraction of sp³-hybridized carbons (Fsp3) is 0.591. The van der Waals surface area contributed by atoms with E-state index in [0.29, 0.717) is 22.6 Å². The van der Waals surface area contributed by atoms with Crippen molar-refractivity contribution in [2.75, 3.05) is 7.11 Å². The van der Waals surface area contributed by atoms with Gasteiger partial charge in [-0.15, -0.1) is 0 Å². The number of hydrogen-bond acceptors (Lipinski definition) is 2. The Kier molecular flexibility index (Phi) is 3.93. The molecule has 0 bridgehead atoms. The smallest absolute Gasteiger partial charge is 0.252 e. The maximum Gasteiger partial charge on any atom is 0.252 e. The first kappa shape index (κ1) is 16.7. The second kappa shape index (κ2) is 5.89. The van der Waals surface area contributed by atoms with Gasteiger partial charge in [-0.05, 0) is 91.9 Å². The molecule has 3 nitrogen and oxygen atoms in total. The average molecular weight is 339 g/mol. The van der Waals surface area contributed by atoms with Crippen molar-refractivity contribution in [1.29, 1.82) is 0 Å². The van der Waals surface area contributed by atoms with Crippen molar-refractivity contribution in [2.24, 2.45) is 23.0 Å². The summed E-state index contributed by atoms with van der Waals surface area (Å²) in [4.78, 5) is 11.7. The van der Waals surface area contributed by atoms with Crippen LogP contribution in [0.1, 0.15) is 73.4 Å². The predicted octanol–water partition coefficient (Wildman–Crippen LogP) is 4.60. The lowest BCUT2D eigenvalue weighted by Crippen LogP contribution is -2.40. The molecule has 2 saturated carbocycles. The summed E-state index contributed by atoms with van der Waals surface area (Å²) < 4.78 is 5.48. The highest BCUT2D eigenvalue weighted by atomic mass is 16.5. The summed E-state index contributed by atoms with van der Waals surface area (Å²) in [5.74, 6) is 2.40. The third-order valence-corrected chi connectivity index (χ3v) is 7.51. The molecule has 0 saturated heterocycles. The van der Waals surface area contributed by atoms with E-state index in [1.165, 1.54) is 43.2 Å². The summed E-state index contributed by atoms with van der Waals surface area (Å²) in [6, 6.07) is 4.10. The van der Waals surface area contributed by atoms with Crippen LogP contribution in [0.3, 0.4) is 0 Å². The highest BCUT2D eigenvalue weighted by Crippen LogP contribution is 2.62. The summed E-state index contributed by atoms with van der Waals surface area (Å²) >= 11 is 0. The van der Waals surface area contributed by atoms with E-state index in [4.69, 9.17) is 10.5 Å². The summed E-state index contributed by atoms with van der Waals surface area (Å²) in [7, 11) is 1.63. The Morgan fingerprint density at radius 1 is 1.28 bits per heavy atom. The van der Waals surface area contributed by atoms with Crippen molar-refractivity contribution in [3.8, 4) is 5.75 Å². The third kappa shape index (κ3) is 2.35. The van der Waals surface area contributed by atoms with E-state index in [9.17, 15) is 4.79 Å². The zero-order valence-electron chi connectivity index (χ0n) is 15.6. The van der Waals surface area contributed by atoms with Gasteiger partial charge in [-0.2, -0.15) is 0 Å². The molecule has 3 aliphatic carbocycles. The van der Waals surface area contributed by atoms with Crippen molar-refractivity contribution < 1.29 is 9.53 Å². The van der Waals surface area contributed by atoms with E-state index in [0.717, 1.165) is 18.3 Å². The molecule has 0 heterocycles. The topological polar surface area (TPSA) is 52.3 Å². The van der Waals surface area contributed by atoms with Crippen LogP contribution in [0, 0.1) is 17.3 Å². The van der Waals surface area contributed by atoms with Gasteiger partial charge in [0.25, 0.3) is 5.91 Å². The van der Waals surface area contributed by atoms with Crippen molar-refractivity contribution in [3.63, 3.8) is 0 Å². The minimum Gasteiger partial charge on any atom is -0.496 e. The third-order valence-electron chi connectivity index (χ3n) is 7.51. The summed E-state index contributed by atoms with van der Waals surface area (Å²) in [5, 5.41) is 0. The number of allylic oxidation sites excluding steroid dienone is 2. The molecule has 0 aliphatic heterocycles. The van der Waals surface area contributed by atoms with E-state index in [1.807, 2.05) is 6.07 Å². The first-order chi connectivity index (χ1) is 12.0. The quantitative estimate of drug-likeness (QED) is 0.801. The molecule has 25 heavy (non-hydrogen) atoms. The lowest BCUT2D eigenvalue weighted by Gasteiger charge is -2.49. The minimum absolute atomic E-state index is 0.397. The molecule has 3 aliphatic rings. The van der Waals surface area contributed by atoms with E-state index in [2.05, 4.69) is 26.0 Å². The molecule has 1 amide bonds. The van der Waals surface area contributed by atoms with Crippen LogP contribution in [0.4, 0.5) is 0 Å². The number of fused-ring (bicyclic) bond motifs is 5. The van der Waals surface area contributed by atoms with Crippen LogP contribution >= 0.6 is 0 Å². The second-order valence-corrected chi connectivity index (χ2v) is 8.34. The molecule has 1 aromatic carbocycles. The minimum atomic E-state index is -0.397. The number of hydrogen-bond donors (Lipinski definition) is 1. The van der Waals surface area contributed by atoms with Gasteiger partial charge in [0.2, 0.25) is 0 Å². The standard InChI is InChI=1S/C22H29NO2/c1-4-14-6-8-19-16-7-5-13-11-18(21(23)24)20(25-3)12-17(13)15(16)9-10-22(14,19)2/h4,11-12,15-16,19H,5-10H2,1-3H3,(H2,23,24)/b14-4-/t15?,16?,19?,22-/m1/s1. The number of methoxy groups -OCH3 is 1. The molecule has 0 aromatic heterocycles. The van der Waals surface area contributed by atoms with E-state index >= 15 is 0 Å². The van der Waals surface area contributed by atoms with Gasteiger partial charge >= 0.3 is 0 Å². The van der Waals surface area contributed by atoms with Gasteiger partial charge in [-0.25, -0.2) is 0 Å². The number of ether oxygens (including phenoxy) is 1. The Hall–Kier alpha value is -1.77. The van der Waals surface area contributed by atoms with E-state index in [-0.39, 0.29) is 0 Å². The van der Waals surface area contributed by atoms with Crippen LogP contribution in [0.25, 0.3) is 0 Å². The SMILES string of the molecule is C/C=C1/CCC2C3CCc4cc(C(N)=O)c(OC)cc4C3CC[C@]12C. The Balaban J connectivity index is 1.74. The molecule has 134 valence electrons. The van der Waals surface area contributed by atoms with Gasteiger partial charge in [0.15, 0.2) is 0 Å². The monoisotopic (exact) mass is 339 g/mol. The number of nitrogens with two attached hydrogens (primary N) is 1. The first-order valence-corrected chi connectivity index (χ1v) is 9.66. The average Bonchev–Trinajstić information content (AvgIpc) is 2.96. The number of aryl methyl sites for hydroxylation is 1. The highest BCUT2D eigenvalue weighted by Gasteiger charge is 2.52. The second-order valence-electron chi connectivity index (χ2n) is 8.34. The highest BCUT2D eigenvalue weighted by molar-refractivity contribution is 5.96. The van der Waals surface area contributed by atoms with Crippen LogP contribution in [0.15, 0.2) is 23.8 Å². The summed E-state index contributed by atoms with van der Waals surface area (Å²) in [5.41, 5.74) is 10.9. The molecular weight excluding hydrogens is 310 g/mol. The zero-order valence-corrected chi connectivity index (χ0v) is 15.6. The Morgan fingerprint density at radius 3 is 2.76 bits per heavy atom. The van der Waals surface area contributed by atoms with Crippen LogP contribution in [-0.2, 0) is 6.42 Å². The fourth-order valence-corrected chi connectivity index (χ4v) is 6.28. The van der Waals surface area contributed by atoms with Crippen molar-refractivity contribution >= 4 is 5.91 Å². The van der Waals surface area contributed by atoms with Gasteiger partial charge in [0, 0.05) is 0 Å². The maximum atomic E-state index is 11.7. The van der Waals surface area contributed by atoms with Gasteiger partial charge in [-0.1, -0.05) is 18.6 Å². The number of benzene rings is 1. The van der Waals surface area contributed by atoms with E-state index < -0.39 is 5.91 Å². The zero-order chi connectivity index (χ0) is 17.8. The van der Waals surface area contributed by atoms with Gasteiger partial charge in [0.1, 0.15) is 5.75 Å². The van der Waals surface area contributed by atoms with Crippen LogP contribution in [0.2, 0.25) is 0 Å². The molecule has 0 spiro atoms. The number of carbonyl (C=O) groups excluding carboxylic acids is 1. The lowest BCUT2D eigenvalue weighted by molar-refractivity contribution is 0.0812. The number of amides is 1. The number of rotatable bonds is 2. The van der Waals surface area contributed by atoms with Crippen molar-refractivity contribution in [2.45, 2.75) is 58.3 Å². The Labute approximate surface area is 150 Å². The molecule has 4 atom stereocenters. The molecule has 0 radical (unpaired) electrons. The molecule has 3 unspecified atom stereocenters. The Bertz CT molecular complexity index is 751. The molecule has 1 aromatic rings. The van der Waals surface area contributed by atoms with Crippen LogP contribution < -0.4 is 10.5 Å². The Morgan fingerprint density at radius 2 is 2.08 bits per heavy atom. The van der Waals surface area contributed by atoms with Gasteiger partial charge in [0.05, 0.1) is 12.7 Å². The van der Waals surface area contributed by atoms with Crippen molar-refractivity contribution in [3.05, 3.63) is 40.5 Å². The lowest BCUT2D eigenvalue weighted by atomic mass is 9.55. The number of carbonyl (C=O) groups is 1. The normalized spacial score (nSPS) is 35.0. The summed E-state index contributed by atoms with van der Waals surface area (Å²) in [6.07, 6.45) is 9.79. The predicted molar refractivity (Wildman–Crippen MR) is 99.9 cm³/mol. The molecular formula is C22H29NO2. The van der Waals surface area contributed by atoms with Gasteiger partial charge in [-0.3, -0.25) is 4.79 Å². The number of primary amides is 1. The molecule has 3 heteroatoms. The largest absolute Gasteiger partial charge is 0.496 e. The van der Waals surface area contributed by atoms with Crippen LogP contribution in [-0.4, -0.2) is 13.0 Å². The maximum absolute atomic E-state index is 11.7. The molecule has 4 rings (SSSR count). The van der Waals surface area contributed by atoms with E-state index in [1.54, 1.807) is 12.7 Å². The fourth-order valence-electron chi connectivity index (χ4n) is 6.28. The molecule has 2 fully saturated rings. The van der Waals surface area contributed by atoms with Crippen molar-refractivity contribution in [1.82, 2.24) is 0 Å². The van der Waals surface area contributed by atoms with Gasteiger partial charge < -0.3 is 10.5 Å². The van der Waals surface area contributed by atoms with Crippen LogP contribution in [0.5, 0.6) is 5.75 Å². The summed E-state index contributed by atoms with van der Waals surface area (Å²) in [6.45, 7) is 4.71.